The van der Waals surface area contributed by atoms with Crippen LogP contribution in [-0.4, -0.2) is 29.4 Å². The molecule has 2 aliphatic carbocycles. The molecule has 124 valence electrons. The molecule has 1 aromatic carbocycles. The van der Waals surface area contributed by atoms with Gasteiger partial charge in [0.15, 0.2) is 0 Å². The Morgan fingerprint density at radius 1 is 1.17 bits per heavy atom. The molecule has 2 fully saturated rings. The van der Waals surface area contributed by atoms with E-state index >= 15 is 0 Å². The molecule has 1 aliphatic heterocycles. The Kier molecular flexibility index (Phi) is 4.14. The van der Waals surface area contributed by atoms with Crippen molar-refractivity contribution in [3.05, 3.63) is 35.4 Å². The summed E-state index contributed by atoms with van der Waals surface area (Å²) >= 11 is 0. The monoisotopic (exact) mass is 312 g/mol. The van der Waals surface area contributed by atoms with Crippen molar-refractivity contribution in [2.24, 2.45) is 5.92 Å². The number of benzene rings is 1. The van der Waals surface area contributed by atoms with Crippen molar-refractivity contribution in [2.75, 3.05) is 6.54 Å². The molecule has 4 rings (SSSR count). The first-order chi connectivity index (χ1) is 11.2. The first-order valence-electron chi connectivity index (χ1n) is 9.37. The molecule has 23 heavy (non-hydrogen) atoms. The first-order valence-corrected chi connectivity index (χ1v) is 9.37. The van der Waals surface area contributed by atoms with Crippen LogP contribution in [0.5, 0.6) is 0 Å². The lowest BCUT2D eigenvalue weighted by atomic mass is 9.85. The zero-order valence-electron chi connectivity index (χ0n) is 14.1. The van der Waals surface area contributed by atoms with Crippen LogP contribution in [0.3, 0.4) is 0 Å². The van der Waals surface area contributed by atoms with Gasteiger partial charge in [-0.1, -0.05) is 24.3 Å². The van der Waals surface area contributed by atoms with Crippen LogP contribution in [0, 0.1) is 5.92 Å². The zero-order valence-corrected chi connectivity index (χ0v) is 14.1. The van der Waals surface area contributed by atoms with E-state index in [0.717, 1.165) is 25.8 Å². The number of hydrogen-bond acceptors (Lipinski definition) is 2. The van der Waals surface area contributed by atoms with Crippen LogP contribution >= 0.6 is 0 Å². The summed E-state index contributed by atoms with van der Waals surface area (Å²) in [7, 11) is 0. The average molecular weight is 312 g/mol. The van der Waals surface area contributed by atoms with Gasteiger partial charge in [0.2, 0.25) is 5.91 Å². The van der Waals surface area contributed by atoms with Gasteiger partial charge in [-0.15, -0.1) is 0 Å². The second kappa shape index (κ2) is 6.27. The largest absolute Gasteiger partial charge is 0.332 e. The summed E-state index contributed by atoms with van der Waals surface area (Å²) in [5.74, 6) is 0.656. The SMILES string of the molecule is C[C@H]1C[C@@H](C(=O)N(C2CC2)C2CCCc3ccccc32)CCN1. The van der Waals surface area contributed by atoms with Gasteiger partial charge in [-0.3, -0.25) is 4.79 Å². The summed E-state index contributed by atoms with van der Waals surface area (Å²) in [6.07, 6.45) is 7.91. The summed E-state index contributed by atoms with van der Waals surface area (Å²) in [6.45, 7) is 3.19. The Balaban J connectivity index is 1.60. The van der Waals surface area contributed by atoms with E-state index in [2.05, 4.69) is 41.4 Å². The van der Waals surface area contributed by atoms with Gasteiger partial charge in [0, 0.05) is 18.0 Å². The number of nitrogens with zero attached hydrogens (tertiary/aromatic N) is 1. The molecule has 1 N–H and O–H groups in total. The third-order valence-corrected chi connectivity index (χ3v) is 5.84. The average Bonchev–Trinajstić information content (AvgIpc) is 3.40. The van der Waals surface area contributed by atoms with Crippen molar-refractivity contribution in [3.8, 4) is 0 Å². The highest BCUT2D eigenvalue weighted by Gasteiger charge is 2.42. The zero-order chi connectivity index (χ0) is 15.8. The highest BCUT2D eigenvalue weighted by atomic mass is 16.2. The number of rotatable bonds is 3. The van der Waals surface area contributed by atoms with E-state index in [4.69, 9.17) is 0 Å². The van der Waals surface area contributed by atoms with Crippen LogP contribution in [0.4, 0.5) is 0 Å². The summed E-state index contributed by atoms with van der Waals surface area (Å²) in [4.78, 5) is 15.6. The van der Waals surface area contributed by atoms with Gasteiger partial charge in [-0.2, -0.15) is 0 Å². The molecule has 3 nitrogen and oxygen atoms in total. The second-order valence-electron chi connectivity index (χ2n) is 7.66. The molecular weight excluding hydrogens is 284 g/mol. The third kappa shape index (κ3) is 3.03. The molecule has 0 aromatic heterocycles. The summed E-state index contributed by atoms with van der Waals surface area (Å²) in [6, 6.07) is 10.1. The highest BCUT2D eigenvalue weighted by molar-refractivity contribution is 5.80. The van der Waals surface area contributed by atoms with Crippen LogP contribution in [0.2, 0.25) is 0 Å². The number of carbonyl (C=O) groups excluding carboxylic acids is 1. The quantitative estimate of drug-likeness (QED) is 0.927. The van der Waals surface area contributed by atoms with Gasteiger partial charge in [0.1, 0.15) is 0 Å². The molecule has 0 radical (unpaired) electrons. The fraction of sp³-hybridized carbons (Fsp3) is 0.650. The fourth-order valence-corrected chi connectivity index (χ4v) is 4.53. The summed E-state index contributed by atoms with van der Waals surface area (Å²) < 4.78 is 0. The van der Waals surface area contributed by atoms with Crippen LogP contribution in [0.25, 0.3) is 0 Å². The molecule has 1 heterocycles. The van der Waals surface area contributed by atoms with Crippen molar-refractivity contribution in [2.45, 2.75) is 70.0 Å². The van der Waals surface area contributed by atoms with Crippen molar-refractivity contribution in [1.29, 1.82) is 0 Å². The van der Waals surface area contributed by atoms with Gasteiger partial charge in [-0.05, 0) is 69.5 Å². The number of amides is 1. The van der Waals surface area contributed by atoms with E-state index in [1.807, 2.05) is 0 Å². The third-order valence-electron chi connectivity index (χ3n) is 5.84. The Labute approximate surface area is 139 Å². The summed E-state index contributed by atoms with van der Waals surface area (Å²) in [5, 5.41) is 3.48. The van der Waals surface area contributed by atoms with Crippen molar-refractivity contribution < 1.29 is 4.79 Å². The molecule has 0 spiro atoms. The number of hydrogen-bond donors (Lipinski definition) is 1. The molecule has 3 heteroatoms. The lowest BCUT2D eigenvalue weighted by molar-refractivity contribution is -0.140. The predicted molar refractivity (Wildman–Crippen MR) is 92.2 cm³/mol. The maximum absolute atomic E-state index is 13.3. The van der Waals surface area contributed by atoms with Crippen molar-refractivity contribution in [1.82, 2.24) is 10.2 Å². The number of fused-ring (bicyclic) bond motifs is 1. The predicted octanol–water partition coefficient (Wildman–Crippen LogP) is 3.44. The molecule has 1 amide bonds. The topological polar surface area (TPSA) is 32.3 Å². The first kappa shape index (κ1) is 15.2. The Bertz CT molecular complexity index is 581. The van der Waals surface area contributed by atoms with Crippen molar-refractivity contribution >= 4 is 5.91 Å². The summed E-state index contributed by atoms with van der Waals surface area (Å²) in [5.41, 5.74) is 2.88. The minimum Gasteiger partial charge on any atom is -0.332 e. The maximum Gasteiger partial charge on any atom is 0.226 e. The Morgan fingerprint density at radius 2 is 2.00 bits per heavy atom. The smallest absolute Gasteiger partial charge is 0.226 e. The molecule has 1 aromatic rings. The lowest BCUT2D eigenvalue weighted by Gasteiger charge is -2.39. The van der Waals surface area contributed by atoms with Crippen LogP contribution in [0.1, 0.15) is 62.6 Å². The van der Waals surface area contributed by atoms with E-state index in [-0.39, 0.29) is 5.92 Å². The molecule has 1 saturated heterocycles. The van der Waals surface area contributed by atoms with Gasteiger partial charge in [0.05, 0.1) is 6.04 Å². The van der Waals surface area contributed by atoms with Gasteiger partial charge in [-0.25, -0.2) is 0 Å². The molecule has 3 atom stereocenters. The standard InChI is InChI=1S/C20H28N2O/c1-14-13-16(11-12-21-14)20(23)22(17-9-10-17)19-8-4-6-15-5-2-3-7-18(15)19/h2-3,5,7,14,16-17,19,21H,4,6,8-13H2,1H3/t14-,16-,19?/m0/s1. The van der Waals surface area contributed by atoms with Crippen LogP contribution in [0.15, 0.2) is 24.3 Å². The number of piperidine rings is 1. The Morgan fingerprint density at radius 3 is 2.78 bits per heavy atom. The lowest BCUT2D eigenvalue weighted by Crippen LogP contribution is -2.46. The number of aryl methyl sites for hydroxylation is 1. The minimum atomic E-state index is 0.223. The number of carbonyl (C=O) groups is 1. The molecule has 1 saturated carbocycles. The highest BCUT2D eigenvalue weighted by Crippen LogP contribution is 2.42. The van der Waals surface area contributed by atoms with E-state index in [0.29, 0.717) is 24.0 Å². The van der Waals surface area contributed by atoms with E-state index in [1.165, 1.54) is 36.8 Å². The van der Waals surface area contributed by atoms with E-state index in [9.17, 15) is 4.79 Å². The van der Waals surface area contributed by atoms with Crippen molar-refractivity contribution in [3.63, 3.8) is 0 Å². The second-order valence-corrected chi connectivity index (χ2v) is 7.66. The molecule has 3 aliphatic rings. The molecule has 1 unspecified atom stereocenters. The molecular formula is C20H28N2O. The normalized spacial score (nSPS) is 30.6. The van der Waals surface area contributed by atoms with E-state index < -0.39 is 0 Å². The molecule has 0 bridgehead atoms. The number of nitrogens with one attached hydrogen (secondary N) is 1. The van der Waals surface area contributed by atoms with Crippen LogP contribution < -0.4 is 5.32 Å². The maximum atomic E-state index is 13.3. The van der Waals surface area contributed by atoms with Gasteiger partial charge in [0.25, 0.3) is 0 Å². The Hall–Kier alpha value is -1.35. The fourth-order valence-electron chi connectivity index (χ4n) is 4.53. The van der Waals surface area contributed by atoms with Crippen LogP contribution in [-0.2, 0) is 11.2 Å². The van der Waals surface area contributed by atoms with Gasteiger partial charge < -0.3 is 10.2 Å². The minimum absolute atomic E-state index is 0.223. The van der Waals surface area contributed by atoms with E-state index in [1.54, 1.807) is 0 Å². The van der Waals surface area contributed by atoms with Gasteiger partial charge >= 0.3 is 0 Å².